The van der Waals surface area contributed by atoms with E-state index in [2.05, 4.69) is 80.6 Å². The Hall–Kier alpha value is -5.75. The van der Waals surface area contributed by atoms with Gasteiger partial charge in [0.25, 0.3) is 0 Å². The maximum absolute atomic E-state index is 15.6. The predicted octanol–water partition coefficient (Wildman–Crippen LogP) is 7.19. The third-order valence-corrected chi connectivity index (χ3v) is 15.6. The molecule has 0 aliphatic carbocycles. The number of methoxy groups -OCH3 is 1. The lowest BCUT2D eigenvalue weighted by atomic mass is 9.99. The fraction of sp³-hybridized carbons (Fsp3) is 0.460. The number of anilines is 6. The van der Waals surface area contributed by atoms with Gasteiger partial charge < -0.3 is 34.5 Å². The zero-order valence-corrected chi connectivity index (χ0v) is 43.2. The third-order valence-electron chi connectivity index (χ3n) is 13.5. The number of nitrogens with zero attached hydrogens (tertiary/aromatic N) is 8. The molecule has 372 valence electrons. The Bertz CT molecular complexity index is 2800. The summed E-state index contributed by atoms with van der Waals surface area (Å²) in [6.45, 7) is 16.2. The van der Waals surface area contributed by atoms with E-state index in [1.54, 1.807) is 31.8 Å². The van der Waals surface area contributed by atoms with Gasteiger partial charge in [0.15, 0.2) is 0 Å². The number of piperidine rings is 2. The fourth-order valence-electron chi connectivity index (χ4n) is 9.80. The molecule has 8 rings (SSSR count). The molecule has 1 unspecified atom stereocenters. The lowest BCUT2D eigenvalue weighted by Gasteiger charge is -2.43. The van der Waals surface area contributed by atoms with Crippen molar-refractivity contribution in [3.05, 3.63) is 76.0 Å². The number of aryl methyl sites for hydroxylation is 2. The van der Waals surface area contributed by atoms with Crippen molar-refractivity contribution < 1.29 is 32.8 Å². The van der Waals surface area contributed by atoms with Crippen LogP contribution in [0.15, 0.2) is 53.3 Å². The molecule has 0 radical (unpaired) electrons. The largest absolute Gasteiger partial charge is 0.495 e. The highest BCUT2D eigenvalue weighted by molar-refractivity contribution is 9.10. The van der Waals surface area contributed by atoms with Crippen molar-refractivity contribution in [2.75, 3.05) is 93.3 Å². The first-order chi connectivity index (χ1) is 33.7. The Kier molecular flexibility index (Phi) is 16.0. The van der Waals surface area contributed by atoms with Crippen LogP contribution in [0.3, 0.4) is 0 Å². The number of amides is 3. The van der Waals surface area contributed by atoms with E-state index in [1.807, 2.05) is 26.0 Å². The standard InChI is InChI=1S/C50H62BrFN11O6P/c1-7-31-24-39(57-50-54-29-35(51)48(59-50)56-38-11-10-37-34(47(38)70(5,6)67)28-53-45(8-2)55-37)43(69-9-3)27-41(31)62-18-15-33(16-19-62)61-22-20-60(21-23-61)17-14-32-25-44(68-4)42(26-36(32)52)63(30-64)40-12-13-46(65)58-49(40)66/h10-11,24-30,33,40H,7-9,12-23H2,1-6H3,(H,58,65,66)(H2,54,56,57,59). The number of halogens is 2. The molecule has 3 amide bonds. The van der Waals surface area contributed by atoms with Crippen LogP contribution in [0, 0.1) is 5.82 Å². The van der Waals surface area contributed by atoms with Gasteiger partial charge in [0, 0.05) is 106 Å². The van der Waals surface area contributed by atoms with Crippen LogP contribution in [-0.2, 0) is 38.2 Å². The molecule has 17 nitrogen and oxygen atoms in total. The summed E-state index contributed by atoms with van der Waals surface area (Å²) in [4.78, 5) is 63.5. The molecule has 0 saturated carbocycles. The number of fused-ring (bicyclic) bond motifs is 1. The van der Waals surface area contributed by atoms with Crippen molar-refractivity contribution in [2.24, 2.45) is 0 Å². The molecule has 5 heterocycles. The minimum absolute atomic E-state index is 0.0880. The number of piperazine rings is 1. The maximum Gasteiger partial charge on any atom is 0.249 e. The summed E-state index contributed by atoms with van der Waals surface area (Å²) in [5.41, 5.74) is 5.14. The Morgan fingerprint density at radius 1 is 0.914 bits per heavy atom. The molecular formula is C50H62BrFN11O6P. The monoisotopic (exact) mass is 1040 g/mol. The molecule has 3 fully saturated rings. The van der Waals surface area contributed by atoms with Crippen LogP contribution < -0.4 is 40.5 Å². The summed E-state index contributed by atoms with van der Waals surface area (Å²) in [5.74, 6) is 1.13. The average Bonchev–Trinajstić information content (AvgIpc) is 3.35. The Morgan fingerprint density at radius 3 is 2.36 bits per heavy atom. The van der Waals surface area contributed by atoms with Crippen molar-refractivity contribution in [3.8, 4) is 11.5 Å². The van der Waals surface area contributed by atoms with Gasteiger partial charge in [-0.2, -0.15) is 4.98 Å². The molecule has 5 aromatic rings. The minimum atomic E-state index is -2.80. The summed E-state index contributed by atoms with van der Waals surface area (Å²) in [7, 11) is -1.35. The molecule has 3 N–H and O–H groups in total. The van der Waals surface area contributed by atoms with E-state index in [4.69, 9.17) is 14.5 Å². The van der Waals surface area contributed by atoms with Crippen molar-refractivity contribution in [2.45, 2.75) is 77.8 Å². The third kappa shape index (κ3) is 11.2. The zero-order valence-electron chi connectivity index (χ0n) is 40.7. The second-order valence-corrected chi connectivity index (χ2v) is 22.2. The Balaban J connectivity index is 0.882. The summed E-state index contributed by atoms with van der Waals surface area (Å²) in [6, 6.07) is 10.5. The van der Waals surface area contributed by atoms with Crippen LogP contribution >= 0.6 is 23.1 Å². The second-order valence-electron chi connectivity index (χ2n) is 18.2. The van der Waals surface area contributed by atoms with Gasteiger partial charge in [-0.3, -0.25) is 29.5 Å². The minimum Gasteiger partial charge on any atom is -0.495 e. The highest BCUT2D eigenvalue weighted by atomic mass is 79.9. The topological polar surface area (TPSA) is 187 Å². The number of aromatic nitrogens is 4. The predicted molar refractivity (Wildman–Crippen MR) is 276 cm³/mol. The molecule has 3 saturated heterocycles. The van der Waals surface area contributed by atoms with E-state index in [1.165, 1.54) is 18.7 Å². The SMILES string of the molecule is CCOc1cc(N2CCC(N3CCN(CCc4cc(OC)c(N(C=O)C5CCC(=O)NC5=O)cc4F)CC3)CC2)c(CC)cc1Nc1ncc(Br)c(Nc2ccc3nc(CC)ncc3c2P(C)(C)=O)n1. The molecule has 0 bridgehead atoms. The zero-order chi connectivity index (χ0) is 49.7. The summed E-state index contributed by atoms with van der Waals surface area (Å²) >= 11 is 3.62. The fourth-order valence-corrected chi connectivity index (χ4v) is 11.6. The number of rotatable bonds is 18. The van der Waals surface area contributed by atoms with E-state index in [0.717, 1.165) is 91.5 Å². The summed E-state index contributed by atoms with van der Waals surface area (Å²) in [6.07, 6.45) is 8.19. The molecule has 3 aromatic carbocycles. The van der Waals surface area contributed by atoms with Crippen molar-refractivity contribution in [3.63, 3.8) is 0 Å². The normalized spacial score (nSPS) is 17.4. The average molecular weight is 1040 g/mol. The summed E-state index contributed by atoms with van der Waals surface area (Å²) < 4.78 is 41.8. The van der Waals surface area contributed by atoms with Gasteiger partial charge in [-0.25, -0.2) is 19.3 Å². The molecule has 1 atom stereocenters. The summed E-state index contributed by atoms with van der Waals surface area (Å²) in [5, 5.41) is 10.5. The number of ether oxygens (including phenoxy) is 2. The van der Waals surface area contributed by atoms with Crippen LogP contribution in [0.25, 0.3) is 10.9 Å². The smallest absolute Gasteiger partial charge is 0.249 e. The van der Waals surface area contributed by atoms with E-state index in [0.29, 0.717) is 77.0 Å². The number of carbonyl (C=O) groups excluding carboxylic acids is 3. The first-order valence-corrected chi connectivity index (χ1v) is 27.5. The van der Waals surface area contributed by atoms with E-state index >= 15 is 4.39 Å². The molecule has 3 aliphatic rings. The number of nitrogens with one attached hydrogen (secondary N) is 3. The molecule has 0 spiro atoms. The first kappa shape index (κ1) is 50.6. The van der Waals surface area contributed by atoms with Crippen LogP contribution in [0.4, 0.5) is 38.9 Å². The van der Waals surface area contributed by atoms with Crippen LogP contribution in [0.5, 0.6) is 11.5 Å². The van der Waals surface area contributed by atoms with Crippen LogP contribution in [0.2, 0.25) is 0 Å². The van der Waals surface area contributed by atoms with Crippen molar-refractivity contribution in [1.82, 2.24) is 35.1 Å². The highest BCUT2D eigenvalue weighted by Gasteiger charge is 2.34. The number of benzene rings is 3. The van der Waals surface area contributed by atoms with Crippen LogP contribution in [0.1, 0.15) is 63.4 Å². The Morgan fingerprint density at radius 2 is 1.69 bits per heavy atom. The quantitative estimate of drug-likeness (QED) is 0.0455. The van der Waals surface area contributed by atoms with E-state index < -0.39 is 30.8 Å². The van der Waals surface area contributed by atoms with Crippen molar-refractivity contribution in [1.29, 1.82) is 0 Å². The van der Waals surface area contributed by atoms with Gasteiger partial charge >= 0.3 is 0 Å². The number of hydrogen-bond donors (Lipinski definition) is 3. The number of imide groups is 1. The number of hydrogen-bond acceptors (Lipinski definition) is 15. The molecule has 70 heavy (non-hydrogen) atoms. The first-order valence-electron chi connectivity index (χ1n) is 24.1. The van der Waals surface area contributed by atoms with E-state index in [9.17, 15) is 18.9 Å². The molecule has 20 heteroatoms. The van der Waals surface area contributed by atoms with Crippen LogP contribution in [-0.4, -0.2) is 133 Å². The highest BCUT2D eigenvalue weighted by Crippen LogP contribution is 2.43. The van der Waals surface area contributed by atoms with Gasteiger partial charge in [0.05, 0.1) is 40.8 Å². The maximum atomic E-state index is 15.6. The van der Waals surface area contributed by atoms with Gasteiger partial charge in [-0.05, 0) is 104 Å². The van der Waals surface area contributed by atoms with Gasteiger partial charge in [-0.1, -0.05) is 13.8 Å². The van der Waals surface area contributed by atoms with Gasteiger partial charge in [0.1, 0.15) is 42.1 Å². The van der Waals surface area contributed by atoms with Gasteiger partial charge in [0.2, 0.25) is 24.2 Å². The molecular weight excluding hydrogens is 980 g/mol. The van der Waals surface area contributed by atoms with Crippen molar-refractivity contribution >= 4 is 92.0 Å². The lowest BCUT2D eigenvalue weighted by molar-refractivity contribution is -0.134. The lowest BCUT2D eigenvalue weighted by Crippen LogP contribution is -2.53. The molecule has 3 aliphatic heterocycles. The second kappa shape index (κ2) is 22.1. The number of carbonyl (C=O) groups is 3. The van der Waals surface area contributed by atoms with Gasteiger partial charge in [-0.15, -0.1) is 0 Å². The van der Waals surface area contributed by atoms with E-state index in [-0.39, 0.29) is 24.3 Å². The Labute approximate surface area is 416 Å². The molecule has 2 aromatic heterocycles.